The van der Waals surface area contributed by atoms with Gasteiger partial charge in [-0.3, -0.25) is 9.52 Å². The maximum Gasteiger partial charge on any atom is 0.251 e. The fraction of sp³-hybridized carbons (Fsp3) is 0.364. The number of carbonyl (C=O) groups is 1. The van der Waals surface area contributed by atoms with Crippen LogP contribution in [0.4, 0.5) is 10.1 Å². The highest BCUT2D eigenvalue weighted by atomic mass is 35.5. The van der Waals surface area contributed by atoms with Crippen LogP contribution in [0.1, 0.15) is 10.4 Å². The molecule has 0 aliphatic heterocycles. The fourth-order valence-corrected chi connectivity index (χ4v) is 1.90. The number of hydrogen-bond acceptors (Lipinski definition) is 4. The third kappa shape index (κ3) is 6.18. The Hall–Kier alpha value is -1.38. The van der Waals surface area contributed by atoms with Gasteiger partial charge in [0.2, 0.25) is 10.0 Å². The van der Waals surface area contributed by atoms with Crippen LogP contribution in [0, 0.1) is 5.82 Å². The minimum absolute atomic E-state index is 0. The number of rotatable bonds is 6. The van der Waals surface area contributed by atoms with E-state index in [1.54, 1.807) is 7.05 Å². The largest absolute Gasteiger partial charge is 0.351 e. The molecule has 0 spiro atoms. The molecule has 0 aliphatic rings. The lowest BCUT2D eigenvalue weighted by Gasteiger charge is -2.08. The van der Waals surface area contributed by atoms with E-state index in [0.29, 0.717) is 13.1 Å². The number of nitrogens with one attached hydrogen (secondary N) is 3. The van der Waals surface area contributed by atoms with Crippen molar-refractivity contribution in [3.05, 3.63) is 29.6 Å². The van der Waals surface area contributed by atoms with E-state index in [-0.39, 0.29) is 23.7 Å². The number of halogens is 2. The summed E-state index contributed by atoms with van der Waals surface area (Å²) in [6, 6.07) is 3.49. The monoisotopic (exact) mass is 325 g/mol. The van der Waals surface area contributed by atoms with E-state index in [9.17, 15) is 17.6 Å². The topological polar surface area (TPSA) is 87.3 Å². The maximum absolute atomic E-state index is 13.4. The van der Waals surface area contributed by atoms with Crippen LogP contribution in [0.3, 0.4) is 0 Å². The van der Waals surface area contributed by atoms with Gasteiger partial charge in [-0.15, -0.1) is 12.4 Å². The van der Waals surface area contributed by atoms with Gasteiger partial charge < -0.3 is 10.6 Å². The molecule has 1 amide bonds. The lowest BCUT2D eigenvalue weighted by atomic mass is 10.2. The fourth-order valence-electron chi connectivity index (χ4n) is 1.35. The molecule has 0 aromatic heterocycles. The van der Waals surface area contributed by atoms with Crippen LogP contribution in [-0.4, -0.2) is 40.7 Å². The van der Waals surface area contributed by atoms with E-state index < -0.39 is 21.7 Å². The van der Waals surface area contributed by atoms with Crippen LogP contribution in [0.25, 0.3) is 0 Å². The zero-order chi connectivity index (χ0) is 14.5. The molecule has 20 heavy (non-hydrogen) atoms. The third-order valence-corrected chi connectivity index (χ3v) is 2.78. The summed E-state index contributed by atoms with van der Waals surface area (Å²) in [6.45, 7) is 1.02. The highest BCUT2D eigenvalue weighted by molar-refractivity contribution is 7.92. The third-order valence-electron chi connectivity index (χ3n) is 2.18. The Kier molecular flexibility index (Phi) is 7.48. The van der Waals surface area contributed by atoms with Crippen molar-refractivity contribution in [3.8, 4) is 0 Å². The highest BCUT2D eigenvalue weighted by Gasteiger charge is 2.12. The van der Waals surface area contributed by atoms with Gasteiger partial charge in [0, 0.05) is 18.7 Å². The van der Waals surface area contributed by atoms with Crippen LogP contribution in [0.2, 0.25) is 0 Å². The van der Waals surface area contributed by atoms with Gasteiger partial charge in [-0.05, 0) is 25.2 Å². The first kappa shape index (κ1) is 18.6. The molecule has 114 valence electrons. The molecule has 0 saturated carbocycles. The van der Waals surface area contributed by atoms with Gasteiger partial charge in [-0.25, -0.2) is 12.8 Å². The summed E-state index contributed by atoms with van der Waals surface area (Å²) in [7, 11) is -1.85. The van der Waals surface area contributed by atoms with E-state index in [1.807, 2.05) is 4.72 Å². The zero-order valence-electron chi connectivity index (χ0n) is 11.1. The van der Waals surface area contributed by atoms with Crippen molar-refractivity contribution in [1.29, 1.82) is 0 Å². The molecule has 6 nitrogen and oxygen atoms in total. The molecule has 0 saturated heterocycles. The second-order valence-electron chi connectivity index (χ2n) is 3.93. The Balaban J connectivity index is 0.00000361. The van der Waals surface area contributed by atoms with E-state index in [1.165, 1.54) is 6.07 Å². The molecule has 0 atom stereocenters. The Bertz CT molecular complexity index is 566. The number of sulfonamides is 1. The Morgan fingerprint density at radius 3 is 2.50 bits per heavy atom. The lowest BCUT2D eigenvalue weighted by Crippen LogP contribution is -2.30. The van der Waals surface area contributed by atoms with E-state index in [4.69, 9.17) is 0 Å². The smallest absolute Gasteiger partial charge is 0.251 e. The predicted octanol–water partition coefficient (Wildman–Crippen LogP) is 0.568. The average Bonchev–Trinajstić information content (AvgIpc) is 2.30. The number of benzene rings is 1. The van der Waals surface area contributed by atoms with Gasteiger partial charge in [0.25, 0.3) is 5.91 Å². The van der Waals surface area contributed by atoms with Crippen LogP contribution < -0.4 is 15.4 Å². The molecule has 0 radical (unpaired) electrons. The molecule has 1 aromatic carbocycles. The maximum atomic E-state index is 13.4. The van der Waals surface area contributed by atoms with Gasteiger partial charge in [-0.2, -0.15) is 0 Å². The first-order valence-corrected chi connectivity index (χ1v) is 7.43. The molecular weight excluding hydrogens is 309 g/mol. The summed E-state index contributed by atoms with van der Waals surface area (Å²) in [5.41, 5.74) is -0.0626. The van der Waals surface area contributed by atoms with Gasteiger partial charge in [0.15, 0.2) is 0 Å². The molecule has 0 heterocycles. The number of likely N-dealkylation sites (N-methyl/N-ethyl adjacent to an activating group) is 1. The summed E-state index contributed by atoms with van der Waals surface area (Å²) < 4.78 is 37.5. The summed E-state index contributed by atoms with van der Waals surface area (Å²) in [6.07, 6.45) is 0.909. The van der Waals surface area contributed by atoms with Crippen molar-refractivity contribution in [1.82, 2.24) is 10.6 Å². The van der Waals surface area contributed by atoms with E-state index in [0.717, 1.165) is 18.4 Å². The number of carbonyl (C=O) groups excluding carboxylic acids is 1. The van der Waals surface area contributed by atoms with Crippen molar-refractivity contribution >= 4 is 34.0 Å². The molecule has 1 rings (SSSR count). The number of anilines is 1. The van der Waals surface area contributed by atoms with E-state index in [2.05, 4.69) is 10.6 Å². The Morgan fingerprint density at radius 2 is 1.95 bits per heavy atom. The summed E-state index contributed by atoms with van der Waals surface area (Å²) >= 11 is 0. The molecular formula is C11H17ClFN3O3S. The van der Waals surface area contributed by atoms with Gasteiger partial charge >= 0.3 is 0 Å². The van der Waals surface area contributed by atoms with Gasteiger partial charge in [0.05, 0.1) is 11.9 Å². The van der Waals surface area contributed by atoms with Gasteiger partial charge in [-0.1, -0.05) is 0 Å². The van der Waals surface area contributed by atoms with Crippen molar-refractivity contribution < 1.29 is 17.6 Å². The van der Waals surface area contributed by atoms with Gasteiger partial charge in [0.1, 0.15) is 5.82 Å². The first-order chi connectivity index (χ1) is 8.83. The molecule has 0 bridgehead atoms. The minimum Gasteiger partial charge on any atom is -0.351 e. The molecule has 0 fully saturated rings. The summed E-state index contributed by atoms with van der Waals surface area (Å²) in [4.78, 5) is 11.7. The van der Waals surface area contributed by atoms with Crippen molar-refractivity contribution in [3.63, 3.8) is 0 Å². The minimum atomic E-state index is -3.59. The molecule has 1 aromatic rings. The SMILES string of the molecule is CNCCNC(=O)c1ccc(F)c(NS(C)(=O)=O)c1.Cl. The van der Waals surface area contributed by atoms with Crippen molar-refractivity contribution in [2.24, 2.45) is 0 Å². The van der Waals surface area contributed by atoms with Crippen LogP contribution in [0.5, 0.6) is 0 Å². The Morgan fingerprint density at radius 1 is 1.30 bits per heavy atom. The highest BCUT2D eigenvalue weighted by Crippen LogP contribution is 2.17. The second-order valence-corrected chi connectivity index (χ2v) is 5.68. The number of amides is 1. The molecule has 3 N–H and O–H groups in total. The van der Waals surface area contributed by atoms with E-state index >= 15 is 0 Å². The zero-order valence-corrected chi connectivity index (χ0v) is 12.7. The van der Waals surface area contributed by atoms with Crippen LogP contribution in [0.15, 0.2) is 18.2 Å². The van der Waals surface area contributed by atoms with Crippen LogP contribution >= 0.6 is 12.4 Å². The standard InChI is InChI=1S/C11H16FN3O3S.ClH/c1-13-5-6-14-11(16)8-3-4-9(12)10(7-8)15-19(2,17)18;/h3-4,7,13,15H,5-6H2,1-2H3,(H,14,16);1H. The Labute approximate surface area is 123 Å². The lowest BCUT2D eigenvalue weighted by molar-refractivity contribution is 0.0954. The van der Waals surface area contributed by atoms with Crippen LogP contribution in [-0.2, 0) is 10.0 Å². The predicted molar refractivity (Wildman–Crippen MR) is 78.4 cm³/mol. The summed E-state index contributed by atoms with van der Waals surface area (Å²) in [5.74, 6) is -1.14. The number of hydrogen-bond donors (Lipinski definition) is 3. The summed E-state index contributed by atoms with van der Waals surface area (Å²) in [5, 5.41) is 5.47. The van der Waals surface area contributed by atoms with Crippen molar-refractivity contribution in [2.75, 3.05) is 31.1 Å². The average molecular weight is 326 g/mol. The second kappa shape index (κ2) is 8.03. The molecule has 9 heteroatoms. The quantitative estimate of drug-likeness (QED) is 0.667. The normalized spacial score (nSPS) is 10.6. The molecule has 0 aliphatic carbocycles. The van der Waals surface area contributed by atoms with Crippen molar-refractivity contribution in [2.45, 2.75) is 0 Å². The molecule has 0 unspecified atom stereocenters. The first-order valence-electron chi connectivity index (χ1n) is 5.53.